The molecule has 0 spiro atoms. The first-order chi connectivity index (χ1) is 10.9. The molecule has 138 valence electrons. The molecule has 2 N–H and O–H groups in total. The number of hydrogen-bond acceptors (Lipinski definition) is 5. The van der Waals surface area contributed by atoms with Crippen molar-refractivity contribution >= 4 is 28.3 Å². The molecule has 1 aliphatic heterocycles. The van der Waals surface area contributed by atoms with Crippen LogP contribution in [0.4, 0.5) is 8.78 Å². The van der Waals surface area contributed by atoms with Crippen molar-refractivity contribution in [3.8, 4) is 11.5 Å². The van der Waals surface area contributed by atoms with E-state index < -0.39 is 18.6 Å². The highest BCUT2D eigenvalue weighted by molar-refractivity contribution is 9.10. The van der Waals surface area contributed by atoms with E-state index in [4.69, 9.17) is 9.47 Å². The Morgan fingerprint density at radius 3 is 2.29 bits per heavy atom. The summed E-state index contributed by atoms with van der Waals surface area (Å²) in [6.45, 7) is 0.982. The predicted molar refractivity (Wildman–Crippen MR) is 93.7 cm³/mol. The summed E-state index contributed by atoms with van der Waals surface area (Å²) in [6, 6.07) is 1.90. The number of methoxy groups -OCH3 is 2. The van der Waals surface area contributed by atoms with Crippen LogP contribution in [-0.2, 0) is 0 Å². The number of nitrogens with zero attached hydrogens (tertiary/aromatic N) is 1. The number of piperazine rings is 1. The fourth-order valence-corrected chi connectivity index (χ4v) is 3.34. The lowest BCUT2D eigenvalue weighted by atomic mass is 9.97. The summed E-state index contributed by atoms with van der Waals surface area (Å²) < 4.78 is 39.9. The standard InChI is InChI=1S/C15H21BrF2N2O3.ClH/c1-22-12-7-10(11(16)8-13(12)23-2)14(15(17,18)9-21)20-5-3-19-4-6-20;/h7-8,14,19,21H,3-6,9H2,1-2H3;1H/t14-;/m1./s1. The Morgan fingerprint density at radius 1 is 1.25 bits per heavy atom. The molecular formula is C15H22BrClF2N2O3. The van der Waals surface area contributed by atoms with Gasteiger partial charge in [-0.1, -0.05) is 15.9 Å². The van der Waals surface area contributed by atoms with Crippen LogP contribution in [0.1, 0.15) is 11.6 Å². The number of rotatable bonds is 6. The topological polar surface area (TPSA) is 54.0 Å². The molecule has 1 saturated heterocycles. The first-order valence-electron chi connectivity index (χ1n) is 7.29. The van der Waals surface area contributed by atoms with Crippen LogP contribution >= 0.6 is 28.3 Å². The van der Waals surface area contributed by atoms with Crippen molar-refractivity contribution in [3.63, 3.8) is 0 Å². The van der Waals surface area contributed by atoms with Gasteiger partial charge in [0.25, 0.3) is 5.92 Å². The lowest BCUT2D eigenvalue weighted by molar-refractivity contribution is -0.118. The Labute approximate surface area is 154 Å². The van der Waals surface area contributed by atoms with Crippen LogP contribution in [-0.4, -0.2) is 62.9 Å². The van der Waals surface area contributed by atoms with E-state index in [0.717, 1.165) is 0 Å². The molecule has 1 heterocycles. The van der Waals surface area contributed by atoms with Gasteiger partial charge < -0.3 is 19.9 Å². The number of nitrogens with one attached hydrogen (secondary N) is 1. The number of hydrogen-bond donors (Lipinski definition) is 2. The number of halogens is 4. The molecule has 9 heteroatoms. The third-order valence-corrected chi connectivity index (χ3v) is 4.61. The highest BCUT2D eigenvalue weighted by Crippen LogP contribution is 2.43. The van der Waals surface area contributed by atoms with Gasteiger partial charge in [-0.15, -0.1) is 12.4 Å². The van der Waals surface area contributed by atoms with Crippen LogP contribution in [0.5, 0.6) is 11.5 Å². The zero-order valence-corrected chi connectivity index (χ0v) is 15.9. The molecule has 1 atom stereocenters. The van der Waals surface area contributed by atoms with E-state index in [9.17, 15) is 13.9 Å². The molecular weight excluding hydrogens is 410 g/mol. The molecule has 1 fully saturated rings. The van der Waals surface area contributed by atoms with Crippen molar-refractivity contribution in [3.05, 3.63) is 22.2 Å². The van der Waals surface area contributed by atoms with Gasteiger partial charge in [0.05, 0.1) is 14.2 Å². The fourth-order valence-electron chi connectivity index (χ4n) is 2.80. The van der Waals surface area contributed by atoms with E-state index in [1.807, 2.05) is 0 Å². The van der Waals surface area contributed by atoms with Crippen LogP contribution in [0, 0.1) is 0 Å². The molecule has 24 heavy (non-hydrogen) atoms. The number of benzene rings is 1. The maximum absolute atomic E-state index is 14.5. The van der Waals surface area contributed by atoms with Gasteiger partial charge >= 0.3 is 0 Å². The SMILES string of the molecule is COc1cc(Br)c([C@@H](N2CCNCC2)C(F)(F)CO)cc1OC.Cl. The first-order valence-corrected chi connectivity index (χ1v) is 8.08. The number of alkyl halides is 2. The van der Waals surface area contributed by atoms with E-state index in [0.29, 0.717) is 47.7 Å². The van der Waals surface area contributed by atoms with Gasteiger partial charge in [-0.3, -0.25) is 4.90 Å². The Hall–Kier alpha value is -0.670. The minimum atomic E-state index is -3.28. The predicted octanol–water partition coefficient (Wildman–Crippen LogP) is 2.46. The number of aliphatic hydroxyl groups is 1. The molecule has 5 nitrogen and oxygen atoms in total. The summed E-state index contributed by atoms with van der Waals surface area (Å²) in [4.78, 5) is 1.68. The summed E-state index contributed by atoms with van der Waals surface area (Å²) in [5.74, 6) is -2.45. The highest BCUT2D eigenvalue weighted by atomic mass is 79.9. The van der Waals surface area contributed by atoms with Gasteiger partial charge in [0, 0.05) is 30.7 Å². The third kappa shape index (κ3) is 4.49. The van der Waals surface area contributed by atoms with Gasteiger partial charge in [-0.25, -0.2) is 8.78 Å². The normalized spacial score (nSPS) is 17.1. The molecule has 0 aliphatic carbocycles. The first kappa shape index (κ1) is 21.4. The summed E-state index contributed by atoms with van der Waals surface area (Å²) in [5.41, 5.74) is 0.364. The summed E-state index contributed by atoms with van der Waals surface area (Å²) in [7, 11) is 2.94. The molecule has 1 aromatic carbocycles. The third-order valence-electron chi connectivity index (χ3n) is 3.93. The summed E-state index contributed by atoms with van der Waals surface area (Å²) in [5, 5.41) is 12.4. The largest absolute Gasteiger partial charge is 0.493 e. The molecule has 0 radical (unpaired) electrons. The summed E-state index contributed by atoms with van der Waals surface area (Å²) >= 11 is 3.35. The maximum Gasteiger partial charge on any atom is 0.289 e. The van der Waals surface area contributed by atoms with Crippen LogP contribution in [0.3, 0.4) is 0 Å². The lowest BCUT2D eigenvalue weighted by Crippen LogP contribution is -2.51. The minimum Gasteiger partial charge on any atom is -0.493 e. The van der Waals surface area contributed by atoms with E-state index in [1.54, 1.807) is 17.0 Å². The van der Waals surface area contributed by atoms with Crippen LogP contribution < -0.4 is 14.8 Å². The second-order valence-corrected chi connectivity index (χ2v) is 6.19. The second kappa shape index (κ2) is 9.15. The molecule has 1 aromatic rings. The Kier molecular flexibility index (Phi) is 8.14. The molecule has 0 bridgehead atoms. The zero-order valence-electron chi connectivity index (χ0n) is 13.5. The Balaban J connectivity index is 0.00000288. The molecule has 0 amide bonds. The lowest BCUT2D eigenvalue weighted by Gasteiger charge is -2.39. The van der Waals surface area contributed by atoms with Crippen molar-refractivity contribution in [2.24, 2.45) is 0 Å². The maximum atomic E-state index is 14.5. The number of aliphatic hydroxyl groups excluding tert-OH is 1. The highest BCUT2D eigenvalue weighted by Gasteiger charge is 2.45. The molecule has 2 rings (SSSR count). The minimum absolute atomic E-state index is 0. The molecule has 1 aliphatic rings. The average Bonchev–Trinajstić information content (AvgIpc) is 2.57. The van der Waals surface area contributed by atoms with E-state index >= 15 is 0 Å². The quantitative estimate of drug-likeness (QED) is 0.725. The van der Waals surface area contributed by atoms with E-state index in [1.165, 1.54) is 14.2 Å². The van der Waals surface area contributed by atoms with E-state index in [2.05, 4.69) is 21.2 Å². The van der Waals surface area contributed by atoms with Crippen LogP contribution in [0.2, 0.25) is 0 Å². The molecule has 0 aromatic heterocycles. The number of ether oxygens (including phenoxy) is 2. The fraction of sp³-hybridized carbons (Fsp3) is 0.600. The van der Waals surface area contributed by atoms with Crippen LogP contribution in [0.25, 0.3) is 0 Å². The van der Waals surface area contributed by atoms with Gasteiger partial charge in [0.15, 0.2) is 11.5 Å². The smallest absolute Gasteiger partial charge is 0.289 e. The van der Waals surface area contributed by atoms with Crippen molar-refractivity contribution in [2.75, 3.05) is 47.0 Å². The van der Waals surface area contributed by atoms with Crippen molar-refractivity contribution in [2.45, 2.75) is 12.0 Å². The van der Waals surface area contributed by atoms with Gasteiger partial charge in [0.1, 0.15) is 12.6 Å². The van der Waals surface area contributed by atoms with Crippen LogP contribution in [0.15, 0.2) is 16.6 Å². The Bertz CT molecular complexity index is 546. The molecule has 0 saturated carbocycles. The van der Waals surface area contributed by atoms with Crippen molar-refractivity contribution in [1.29, 1.82) is 0 Å². The van der Waals surface area contributed by atoms with Crippen molar-refractivity contribution < 1.29 is 23.4 Å². The van der Waals surface area contributed by atoms with E-state index in [-0.39, 0.29) is 12.4 Å². The van der Waals surface area contributed by atoms with Gasteiger partial charge in [-0.05, 0) is 17.7 Å². The van der Waals surface area contributed by atoms with Gasteiger partial charge in [0.2, 0.25) is 0 Å². The second-order valence-electron chi connectivity index (χ2n) is 5.34. The van der Waals surface area contributed by atoms with Gasteiger partial charge in [-0.2, -0.15) is 0 Å². The average molecular weight is 432 g/mol. The zero-order chi connectivity index (χ0) is 17.0. The van der Waals surface area contributed by atoms with Crippen molar-refractivity contribution in [1.82, 2.24) is 10.2 Å². The summed E-state index contributed by atoms with van der Waals surface area (Å²) in [6.07, 6.45) is 0. The Morgan fingerprint density at radius 2 is 1.79 bits per heavy atom. The molecule has 0 unspecified atom stereocenters. The monoisotopic (exact) mass is 430 g/mol.